The molecular formula is C16H14O3. The van der Waals surface area contributed by atoms with Gasteiger partial charge >= 0.3 is 0 Å². The third-order valence-corrected chi connectivity index (χ3v) is 2.72. The molecule has 96 valence electrons. The molecule has 0 aliphatic carbocycles. The van der Waals surface area contributed by atoms with Gasteiger partial charge in [0.25, 0.3) is 0 Å². The summed E-state index contributed by atoms with van der Waals surface area (Å²) in [4.78, 5) is 11.8. The van der Waals surface area contributed by atoms with Crippen LogP contribution in [0.5, 0.6) is 0 Å². The van der Waals surface area contributed by atoms with Crippen LogP contribution < -0.4 is 0 Å². The van der Waals surface area contributed by atoms with Gasteiger partial charge < -0.3 is 10.2 Å². The maximum atomic E-state index is 11.8. The van der Waals surface area contributed by atoms with E-state index in [4.69, 9.17) is 10.2 Å². The number of benzene rings is 2. The molecule has 0 aliphatic heterocycles. The summed E-state index contributed by atoms with van der Waals surface area (Å²) in [5, 5.41) is 17.9. The van der Waals surface area contributed by atoms with Crippen molar-refractivity contribution in [2.45, 2.75) is 6.29 Å². The van der Waals surface area contributed by atoms with Crippen LogP contribution in [0.2, 0.25) is 0 Å². The molecule has 19 heavy (non-hydrogen) atoms. The minimum absolute atomic E-state index is 0.0631. The predicted octanol–water partition coefficient (Wildman–Crippen LogP) is 2.57. The Morgan fingerprint density at radius 1 is 0.947 bits per heavy atom. The van der Waals surface area contributed by atoms with Crippen molar-refractivity contribution in [3.05, 3.63) is 77.4 Å². The van der Waals surface area contributed by atoms with Gasteiger partial charge in [-0.25, -0.2) is 0 Å². The van der Waals surface area contributed by atoms with E-state index < -0.39 is 6.29 Å². The van der Waals surface area contributed by atoms with E-state index in [0.29, 0.717) is 11.1 Å². The minimum Gasteiger partial charge on any atom is -0.364 e. The number of aliphatic hydroxyl groups excluding tert-OH is 1. The van der Waals surface area contributed by atoms with E-state index in [-0.39, 0.29) is 5.78 Å². The van der Waals surface area contributed by atoms with Gasteiger partial charge in [-0.15, -0.1) is 0 Å². The summed E-state index contributed by atoms with van der Waals surface area (Å²) in [6.45, 7) is 0. The molecule has 0 unspecified atom stereocenters. The molecule has 0 atom stereocenters. The minimum atomic E-state index is -1.47. The maximum Gasteiger partial charge on any atom is 0.185 e. The monoisotopic (exact) mass is 254 g/mol. The van der Waals surface area contributed by atoms with Crippen molar-refractivity contribution >= 4 is 11.9 Å². The number of hydrogen-bond acceptors (Lipinski definition) is 3. The molecule has 0 radical (unpaired) electrons. The maximum absolute atomic E-state index is 11.8. The lowest BCUT2D eigenvalue weighted by atomic mass is 10.1. The van der Waals surface area contributed by atoms with Crippen LogP contribution in [0.4, 0.5) is 0 Å². The van der Waals surface area contributed by atoms with E-state index in [2.05, 4.69) is 0 Å². The molecule has 0 amide bonds. The number of rotatable bonds is 4. The second kappa shape index (κ2) is 6.09. The third-order valence-electron chi connectivity index (χ3n) is 2.72. The van der Waals surface area contributed by atoms with Crippen molar-refractivity contribution < 1.29 is 15.0 Å². The quantitative estimate of drug-likeness (QED) is 0.501. The zero-order valence-corrected chi connectivity index (χ0v) is 10.2. The Morgan fingerprint density at radius 2 is 1.58 bits per heavy atom. The van der Waals surface area contributed by atoms with Gasteiger partial charge in [0.15, 0.2) is 12.1 Å². The average Bonchev–Trinajstić information content (AvgIpc) is 2.46. The second-order valence-corrected chi connectivity index (χ2v) is 4.10. The molecule has 0 heterocycles. The Labute approximate surface area is 111 Å². The van der Waals surface area contributed by atoms with E-state index in [1.165, 1.54) is 6.08 Å². The molecule has 2 aromatic carbocycles. The zero-order chi connectivity index (χ0) is 13.7. The van der Waals surface area contributed by atoms with Crippen LogP contribution in [0.25, 0.3) is 6.08 Å². The Kier molecular flexibility index (Phi) is 4.23. The predicted molar refractivity (Wildman–Crippen MR) is 73.4 cm³/mol. The molecular weight excluding hydrogens is 240 g/mol. The fourth-order valence-electron chi connectivity index (χ4n) is 1.65. The average molecular weight is 254 g/mol. The number of ketones is 1. The highest BCUT2D eigenvalue weighted by atomic mass is 16.5. The molecule has 2 rings (SSSR count). The van der Waals surface area contributed by atoms with Crippen LogP contribution >= 0.6 is 0 Å². The van der Waals surface area contributed by atoms with Crippen LogP contribution in [0.15, 0.2) is 60.7 Å². The summed E-state index contributed by atoms with van der Waals surface area (Å²) in [5.74, 6) is -0.0631. The molecule has 0 aliphatic rings. The number of carbonyl (C=O) groups excluding carboxylic acids is 1. The van der Waals surface area contributed by atoms with Gasteiger partial charge in [0.05, 0.1) is 0 Å². The first-order valence-electron chi connectivity index (χ1n) is 5.90. The number of aliphatic hydroxyl groups is 2. The number of hydrogen-bond donors (Lipinski definition) is 2. The molecule has 2 aromatic rings. The van der Waals surface area contributed by atoms with Gasteiger partial charge in [-0.2, -0.15) is 0 Å². The first-order chi connectivity index (χ1) is 9.16. The first kappa shape index (κ1) is 13.2. The topological polar surface area (TPSA) is 57.5 Å². The van der Waals surface area contributed by atoms with Crippen LogP contribution in [0.3, 0.4) is 0 Å². The van der Waals surface area contributed by atoms with Gasteiger partial charge in [0, 0.05) is 11.1 Å². The summed E-state index contributed by atoms with van der Waals surface area (Å²) >= 11 is 0. The summed E-state index contributed by atoms with van der Waals surface area (Å²) < 4.78 is 0. The van der Waals surface area contributed by atoms with E-state index in [1.807, 2.05) is 18.2 Å². The molecule has 0 bridgehead atoms. The van der Waals surface area contributed by atoms with Crippen LogP contribution in [0.1, 0.15) is 27.8 Å². The van der Waals surface area contributed by atoms with Gasteiger partial charge in [0.1, 0.15) is 0 Å². The highest BCUT2D eigenvalue weighted by molar-refractivity contribution is 6.06. The molecule has 3 heteroatoms. The van der Waals surface area contributed by atoms with Gasteiger partial charge in [0.2, 0.25) is 0 Å². The van der Waals surface area contributed by atoms with Crippen molar-refractivity contribution in [1.82, 2.24) is 0 Å². The normalized spacial score (nSPS) is 11.1. The number of carbonyl (C=O) groups is 1. The Bertz CT molecular complexity index is 569. The standard InChI is InChI=1S/C16H14O3/c17-15(13-4-2-1-3-5-13)11-8-12-6-9-14(10-7-12)16(18)19/h1-11,16,18-19H/b11-8+. The summed E-state index contributed by atoms with van der Waals surface area (Å²) in [6, 6.07) is 15.7. The van der Waals surface area contributed by atoms with Gasteiger partial charge in [-0.1, -0.05) is 60.7 Å². The zero-order valence-electron chi connectivity index (χ0n) is 10.2. The highest BCUT2D eigenvalue weighted by Crippen LogP contribution is 2.12. The molecule has 0 saturated carbocycles. The highest BCUT2D eigenvalue weighted by Gasteiger charge is 2.01. The van der Waals surface area contributed by atoms with Crippen molar-refractivity contribution in [3.63, 3.8) is 0 Å². The van der Waals surface area contributed by atoms with E-state index in [0.717, 1.165) is 5.56 Å². The van der Waals surface area contributed by atoms with Crippen LogP contribution in [-0.2, 0) is 0 Å². The lowest BCUT2D eigenvalue weighted by Gasteiger charge is -2.03. The Morgan fingerprint density at radius 3 is 2.16 bits per heavy atom. The lowest BCUT2D eigenvalue weighted by Crippen LogP contribution is -1.94. The fraction of sp³-hybridized carbons (Fsp3) is 0.0625. The summed E-state index contributed by atoms with van der Waals surface area (Å²) in [7, 11) is 0. The largest absolute Gasteiger partial charge is 0.364 e. The SMILES string of the molecule is O=C(/C=C/c1ccc(C(O)O)cc1)c1ccccc1. The van der Waals surface area contributed by atoms with E-state index >= 15 is 0 Å². The first-order valence-corrected chi connectivity index (χ1v) is 5.90. The number of allylic oxidation sites excluding steroid dienone is 1. The molecule has 0 fully saturated rings. The van der Waals surface area contributed by atoms with Gasteiger partial charge in [-0.05, 0) is 11.6 Å². The fourth-order valence-corrected chi connectivity index (χ4v) is 1.65. The Hall–Kier alpha value is -2.23. The summed E-state index contributed by atoms with van der Waals surface area (Å²) in [6.07, 6.45) is 1.73. The molecule has 0 spiro atoms. The molecule has 0 aromatic heterocycles. The second-order valence-electron chi connectivity index (χ2n) is 4.10. The molecule has 3 nitrogen and oxygen atoms in total. The molecule has 2 N–H and O–H groups in total. The Balaban J connectivity index is 2.08. The smallest absolute Gasteiger partial charge is 0.185 e. The van der Waals surface area contributed by atoms with Crippen LogP contribution in [0, 0.1) is 0 Å². The summed E-state index contributed by atoms with van der Waals surface area (Å²) in [5.41, 5.74) is 1.89. The van der Waals surface area contributed by atoms with E-state index in [9.17, 15) is 4.79 Å². The third kappa shape index (κ3) is 3.61. The van der Waals surface area contributed by atoms with Crippen molar-refractivity contribution in [2.75, 3.05) is 0 Å². The van der Waals surface area contributed by atoms with Crippen molar-refractivity contribution in [2.24, 2.45) is 0 Å². The van der Waals surface area contributed by atoms with Crippen molar-refractivity contribution in [3.8, 4) is 0 Å². The van der Waals surface area contributed by atoms with Gasteiger partial charge in [-0.3, -0.25) is 4.79 Å². The van der Waals surface area contributed by atoms with E-state index in [1.54, 1.807) is 42.5 Å². The van der Waals surface area contributed by atoms with Crippen LogP contribution in [-0.4, -0.2) is 16.0 Å². The van der Waals surface area contributed by atoms with Crippen molar-refractivity contribution in [1.29, 1.82) is 0 Å². The lowest BCUT2D eigenvalue weighted by molar-refractivity contribution is -0.0424. The molecule has 0 saturated heterocycles.